The fourth-order valence-electron chi connectivity index (χ4n) is 3.52. The van der Waals surface area contributed by atoms with E-state index < -0.39 is 0 Å². The number of amides is 1. The Kier molecular flexibility index (Phi) is 6.70. The number of likely N-dealkylation sites (tertiary alicyclic amines) is 1. The number of nitrogens with zero attached hydrogens (tertiary/aromatic N) is 1. The van der Waals surface area contributed by atoms with Gasteiger partial charge in [-0.3, -0.25) is 4.79 Å². The van der Waals surface area contributed by atoms with E-state index in [1.807, 2.05) is 30.0 Å². The summed E-state index contributed by atoms with van der Waals surface area (Å²) < 4.78 is 11.7. The molecule has 0 spiro atoms. The van der Waals surface area contributed by atoms with Gasteiger partial charge in [-0.1, -0.05) is 0 Å². The maximum absolute atomic E-state index is 12.5. The number of benzene rings is 1. The Morgan fingerprint density at radius 3 is 2.62 bits per heavy atom. The van der Waals surface area contributed by atoms with Crippen LogP contribution in [-0.4, -0.2) is 60.7 Å². The molecule has 2 heterocycles. The number of nitrogens with one attached hydrogen (secondary N) is 1. The SMILES string of the molecule is COc1ccc(C(=O)N[C@H]2CCSC2)cc1OC1CCN(C(C)C)CC1. The second kappa shape index (κ2) is 9.00. The van der Waals surface area contributed by atoms with E-state index in [0.717, 1.165) is 43.9 Å². The topological polar surface area (TPSA) is 50.8 Å². The van der Waals surface area contributed by atoms with Crippen LogP contribution in [0.15, 0.2) is 18.2 Å². The van der Waals surface area contributed by atoms with E-state index in [4.69, 9.17) is 9.47 Å². The molecule has 26 heavy (non-hydrogen) atoms. The minimum atomic E-state index is -0.0281. The van der Waals surface area contributed by atoms with Gasteiger partial charge in [0.15, 0.2) is 11.5 Å². The van der Waals surface area contributed by atoms with Crippen molar-refractivity contribution >= 4 is 17.7 Å². The summed E-state index contributed by atoms with van der Waals surface area (Å²) in [5.74, 6) is 3.45. The summed E-state index contributed by atoms with van der Waals surface area (Å²) in [6.45, 7) is 6.55. The van der Waals surface area contributed by atoms with Gasteiger partial charge in [0.05, 0.1) is 7.11 Å². The molecular weight excluding hydrogens is 348 g/mol. The first kappa shape index (κ1) is 19.4. The molecule has 1 amide bonds. The zero-order chi connectivity index (χ0) is 18.5. The summed E-state index contributed by atoms with van der Waals surface area (Å²) in [4.78, 5) is 15.0. The number of methoxy groups -OCH3 is 1. The summed E-state index contributed by atoms with van der Waals surface area (Å²) in [6.07, 6.45) is 3.21. The summed E-state index contributed by atoms with van der Waals surface area (Å²) in [5, 5.41) is 3.12. The van der Waals surface area contributed by atoms with Gasteiger partial charge in [0, 0.05) is 36.5 Å². The Balaban J connectivity index is 1.65. The van der Waals surface area contributed by atoms with E-state index in [1.165, 1.54) is 0 Å². The van der Waals surface area contributed by atoms with Gasteiger partial charge in [0.25, 0.3) is 5.91 Å². The van der Waals surface area contributed by atoms with Gasteiger partial charge in [-0.05, 0) is 57.1 Å². The standard InChI is InChI=1S/C20H30N2O3S/c1-14(2)22-9-6-17(7-10-22)25-19-12-15(4-5-18(19)24-3)20(23)21-16-8-11-26-13-16/h4-5,12,14,16-17H,6-11,13H2,1-3H3,(H,21,23)/t16-/m0/s1. The lowest BCUT2D eigenvalue weighted by Crippen LogP contribution is -2.41. The predicted octanol–water partition coefficient (Wildman–Crippen LogP) is 3.18. The minimum absolute atomic E-state index is 0.0281. The molecule has 144 valence electrons. The quantitative estimate of drug-likeness (QED) is 0.824. The molecule has 2 saturated heterocycles. The molecule has 0 aliphatic carbocycles. The van der Waals surface area contributed by atoms with Crippen molar-refractivity contribution in [1.29, 1.82) is 0 Å². The summed E-state index contributed by atoms with van der Waals surface area (Å²) in [5.41, 5.74) is 0.636. The van der Waals surface area contributed by atoms with E-state index in [9.17, 15) is 4.79 Å². The van der Waals surface area contributed by atoms with E-state index in [1.54, 1.807) is 7.11 Å². The summed E-state index contributed by atoms with van der Waals surface area (Å²) >= 11 is 1.89. The van der Waals surface area contributed by atoms with Crippen molar-refractivity contribution in [3.05, 3.63) is 23.8 Å². The van der Waals surface area contributed by atoms with Crippen LogP contribution in [0.3, 0.4) is 0 Å². The van der Waals surface area contributed by atoms with Gasteiger partial charge in [-0.25, -0.2) is 0 Å². The first-order valence-corrected chi connectivity index (χ1v) is 10.7. The Morgan fingerprint density at radius 1 is 1.23 bits per heavy atom. The second-order valence-electron chi connectivity index (χ2n) is 7.35. The zero-order valence-electron chi connectivity index (χ0n) is 16.0. The average Bonchev–Trinajstić information content (AvgIpc) is 3.15. The Morgan fingerprint density at radius 2 is 2.00 bits per heavy atom. The van der Waals surface area contributed by atoms with E-state index in [0.29, 0.717) is 23.1 Å². The molecule has 2 fully saturated rings. The molecule has 2 aliphatic rings. The van der Waals surface area contributed by atoms with Crippen molar-refractivity contribution in [2.45, 2.75) is 51.3 Å². The third-order valence-corrected chi connectivity index (χ3v) is 6.35. The number of thioether (sulfide) groups is 1. The number of carbonyl (C=O) groups excluding carboxylic acids is 1. The van der Waals surface area contributed by atoms with Gasteiger partial charge in [0.1, 0.15) is 6.10 Å². The molecule has 1 N–H and O–H groups in total. The van der Waals surface area contributed by atoms with Crippen LogP contribution in [0.5, 0.6) is 11.5 Å². The van der Waals surface area contributed by atoms with Gasteiger partial charge < -0.3 is 19.7 Å². The highest BCUT2D eigenvalue weighted by Crippen LogP contribution is 2.31. The van der Waals surface area contributed by atoms with Crippen LogP contribution in [0.2, 0.25) is 0 Å². The third-order valence-electron chi connectivity index (χ3n) is 5.19. The maximum atomic E-state index is 12.5. The maximum Gasteiger partial charge on any atom is 0.251 e. The normalized spacial score (nSPS) is 21.8. The van der Waals surface area contributed by atoms with Crippen LogP contribution < -0.4 is 14.8 Å². The van der Waals surface area contributed by atoms with Gasteiger partial charge in [-0.2, -0.15) is 11.8 Å². The molecular formula is C20H30N2O3S. The van der Waals surface area contributed by atoms with Crippen molar-refractivity contribution in [3.63, 3.8) is 0 Å². The number of hydrogen-bond donors (Lipinski definition) is 1. The number of hydrogen-bond acceptors (Lipinski definition) is 5. The predicted molar refractivity (Wildman–Crippen MR) is 107 cm³/mol. The Bertz CT molecular complexity index is 609. The van der Waals surface area contributed by atoms with Crippen LogP contribution in [0.4, 0.5) is 0 Å². The largest absolute Gasteiger partial charge is 0.493 e. The lowest BCUT2D eigenvalue weighted by atomic mass is 10.1. The van der Waals surface area contributed by atoms with Gasteiger partial charge in [0.2, 0.25) is 0 Å². The first-order valence-electron chi connectivity index (χ1n) is 9.54. The zero-order valence-corrected chi connectivity index (χ0v) is 16.8. The molecule has 1 aromatic carbocycles. The van der Waals surface area contributed by atoms with Crippen LogP contribution in [0.1, 0.15) is 43.5 Å². The van der Waals surface area contributed by atoms with Crippen molar-refractivity contribution in [2.24, 2.45) is 0 Å². The molecule has 6 heteroatoms. The lowest BCUT2D eigenvalue weighted by molar-refractivity contribution is 0.0818. The molecule has 0 radical (unpaired) electrons. The fourth-order valence-corrected chi connectivity index (χ4v) is 4.67. The third kappa shape index (κ3) is 4.86. The van der Waals surface area contributed by atoms with Crippen LogP contribution in [-0.2, 0) is 0 Å². The van der Waals surface area contributed by atoms with E-state index in [-0.39, 0.29) is 18.1 Å². The highest BCUT2D eigenvalue weighted by molar-refractivity contribution is 7.99. The van der Waals surface area contributed by atoms with Crippen LogP contribution >= 0.6 is 11.8 Å². The van der Waals surface area contributed by atoms with Gasteiger partial charge >= 0.3 is 0 Å². The number of rotatable bonds is 6. The fraction of sp³-hybridized carbons (Fsp3) is 0.650. The lowest BCUT2D eigenvalue weighted by Gasteiger charge is -2.34. The van der Waals surface area contributed by atoms with Crippen molar-refractivity contribution in [1.82, 2.24) is 10.2 Å². The van der Waals surface area contributed by atoms with Crippen molar-refractivity contribution < 1.29 is 14.3 Å². The number of carbonyl (C=O) groups is 1. The molecule has 0 saturated carbocycles. The molecule has 1 atom stereocenters. The number of piperidine rings is 1. The molecule has 0 bridgehead atoms. The molecule has 0 unspecified atom stereocenters. The number of ether oxygens (including phenoxy) is 2. The second-order valence-corrected chi connectivity index (χ2v) is 8.50. The molecule has 3 rings (SSSR count). The van der Waals surface area contributed by atoms with Crippen molar-refractivity contribution in [2.75, 3.05) is 31.7 Å². The monoisotopic (exact) mass is 378 g/mol. The average molecular weight is 379 g/mol. The van der Waals surface area contributed by atoms with Crippen LogP contribution in [0.25, 0.3) is 0 Å². The smallest absolute Gasteiger partial charge is 0.251 e. The molecule has 0 aromatic heterocycles. The van der Waals surface area contributed by atoms with Crippen molar-refractivity contribution in [3.8, 4) is 11.5 Å². The highest BCUT2D eigenvalue weighted by Gasteiger charge is 2.24. The first-order chi connectivity index (χ1) is 12.6. The molecule has 5 nitrogen and oxygen atoms in total. The Hall–Kier alpha value is -1.40. The van der Waals surface area contributed by atoms with E-state index in [2.05, 4.69) is 24.1 Å². The van der Waals surface area contributed by atoms with E-state index >= 15 is 0 Å². The van der Waals surface area contributed by atoms with Crippen LogP contribution in [0, 0.1) is 0 Å². The summed E-state index contributed by atoms with van der Waals surface area (Å²) in [7, 11) is 1.64. The van der Waals surface area contributed by atoms with Gasteiger partial charge in [-0.15, -0.1) is 0 Å². The Labute approximate surface area is 160 Å². The minimum Gasteiger partial charge on any atom is -0.493 e. The highest BCUT2D eigenvalue weighted by atomic mass is 32.2. The molecule has 1 aromatic rings. The summed E-state index contributed by atoms with van der Waals surface area (Å²) in [6, 6.07) is 6.32. The molecule has 2 aliphatic heterocycles.